The average molecular weight is 470 g/mol. The summed E-state index contributed by atoms with van der Waals surface area (Å²) in [4.78, 5) is 46.4. The van der Waals surface area contributed by atoms with Gasteiger partial charge in [0.05, 0.1) is 24.7 Å². The van der Waals surface area contributed by atoms with Gasteiger partial charge in [0.1, 0.15) is 11.6 Å². The maximum absolute atomic E-state index is 13.3. The fourth-order valence-electron chi connectivity index (χ4n) is 4.36. The molecule has 0 spiro atoms. The van der Waals surface area contributed by atoms with E-state index in [-0.39, 0.29) is 17.9 Å². The summed E-state index contributed by atoms with van der Waals surface area (Å²) in [6, 6.07) is -1.02. The van der Waals surface area contributed by atoms with Crippen molar-refractivity contribution in [2.75, 3.05) is 26.8 Å². The van der Waals surface area contributed by atoms with E-state index < -0.39 is 35.2 Å². The standard InChI is InChI=1S/C24H43N3O6/c1-16(18(31-8)17-12-11-13-26(17)22(30)33-24(5,6)7)20(28)25-19(23(2,3)4)21(29)27-14-9-10-15-32-27/h16-19H,9-15H2,1-8H3,(H,25,28). The molecule has 2 aliphatic heterocycles. The largest absolute Gasteiger partial charge is 0.444 e. The van der Waals surface area contributed by atoms with Crippen molar-refractivity contribution >= 4 is 17.9 Å². The smallest absolute Gasteiger partial charge is 0.410 e. The summed E-state index contributed by atoms with van der Waals surface area (Å²) >= 11 is 0. The third-order valence-electron chi connectivity index (χ3n) is 6.13. The molecule has 2 aliphatic rings. The number of ether oxygens (including phenoxy) is 2. The van der Waals surface area contributed by atoms with Crippen LogP contribution in [0.2, 0.25) is 0 Å². The maximum atomic E-state index is 13.3. The minimum atomic E-state index is -0.742. The van der Waals surface area contributed by atoms with Gasteiger partial charge >= 0.3 is 6.09 Å². The third kappa shape index (κ3) is 7.30. The molecule has 0 radical (unpaired) electrons. The van der Waals surface area contributed by atoms with Gasteiger partial charge in [0.15, 0.2) is 0 Å². The summed E-state index contributed by atoms with van der Waals surface area (Å²) in [5.74, 6) is -1.11. The van der Waals surface area contributed by atoms with E-state index in [1.807, 2.05) is 41.5 Å². The molecule has 0 aromatic rings. The molecule has 4 unspecified atom stereocenters. The van der Waals surface area contributed by atoms with Gasteiger partial charge in [-0.2, -0.15) is 0 Å². The van der Waals surface area contributed by atoms with Crippen molar-refractivity contribution in [3.63, 3.8) is 0 Å². The number of carbonyl (C=O) groups is 3. The van der Waals surface area contributed by atoms with Crippen LogP contribution in [0.3, 0.4) is 0 Å². The fourth-order valence-corrected chi connectivity index (χ4v) is 4.36. The second-order valence-electron chi connectivity index (χ2n) is 11.2. The van der Waals surface area contributed by atoms with Gasteiger partial charge in [-0.1, -0.05) is 27.7 Å². The molecule has 2 fully saturated rings. The number of hydroxylamine groups is 2. The van der Waals surface area contributed by atoms with Gasteiger partial charge in [0.25, 0.3) is 5.91 Å². The van der Waals surface area contributed by atoms with Crippen molar-refractivity contribution in [1.82, 2.24) is 15.3 Å². The Morgan fingerprint density at radius 2 is 1.70 bits per heavy atom. The normalized spacial score (nSPS) is 22.5. The van der Waals surface area contributed by atoms with Gasteiger partial charge in [-0.3, -0.25) is 14.4 Å². The van der Waals surface area contributed by atoms with Crippen molar-refractivity contribution in [3.05, 3.63) is 0 Å². The minimum Gasteiger partial charge on any atom is -0.444 e. The molecule has 2 saturated heterocycles. The highest BCUT2D eigenvalue weighted by molar-refractivity contribution is 5.89. The van der Waals surface area contributed by atoms with Gasteiger partial charge in [-0.05, 0) is 51.9 Å². The van der Waals surface area contributed by atoms with Gasteiger partial charge in [-0.25, -0.2) is 9.86 Å². The molecule has 9 nitrogen and oxygen atoms in total. The number of carbonyl (C=O) groups excluding carboxylic acids is 3. The third-order valence-corrected chi connectivity index (χ3v) is 6.13. The number of methoxy groups -OCH3 is 1. The van der Waals surface area contributed by atoms with E-state index in [1.165, 1.54) is 5.06 Å². The lowest BCUT2D eigenvalue weighted by Gasteiger charge is -2.38. The summed E-state index contributed by atoms with van der Waals surface area (Å²) < 4.78 is 11.3. The van der Waals surface area contributed by atoms with E-state index >= 15 is 0 Å². The molecule has 0 aromatic heterocycles. The zero-order valence-corrected chi connectivity index (χ0v) is 21.6. The number of likely N-dealkylation sites (tertiary alicyclic amines) is 1. The molecule has 0 aliphatic carbocycles. The number of nitrogens with one attached hydrogen (secondary N) is 1. The van der Waals surface area contributed by atoms with E-state index in [9.17, 15) is 14.4 Å². The monoisotopic (exact) mass is 469 g/mol. The van der Waals surface area contributed by atoms with Crippen LogP contribution in [0.15, 0.2) is 0 Å². The first-order chi connectivity index (χ1) is 15.3. The quantitative estimate of drug-likeness (QED) is 0.642. The lowest BCUT2D eigenvalue weighted by molar-refractivity contribution is -0.201. The Hall–Kier alpha value is -1.87. The van der Waals surface area contributed by atoms with Gasteiger partial charge in [-0.15, -0.1) is 0 Å². The predicted octanol–water partition coefficient (Wildman–Crippen LogP) is 3.12. The van der Waals surface area contributed by atoms with Crippen LogP contribution in [0.4, 0.5) is 4.79 Å². The SMILES string of the molecule is COC(C(C)C(=O)NC(C(=O)N1CCCCO1)C(C)(C)C)C1CCCN1C(=O)OC(C)(C)C. The van der Waals surface area contributed by atoms with Crippen molar-refractivity contribution in [2.24, 2.45) is 11.3 Å². The Morgan fingerprint density at radius 1 is 1.03 bits per heavy atom. The van der Waals surface area contributed by atoms with Crippen LogP contribution in [0.1, 0.15) is 74.1 Å². The van der Waals surface area contributed by atoms with E-state index in [2.05, 4.69) is 5.32 Å². The number of nitrogens with zero attached hydrogens (tertiary/aromatic N) is 2. The van der Waals surface area contributed by atoms with Crippen LogP contribution >= 0.6 is 0 Å². The highest BCUT2D eigenvalue weighted by atomic mass is 16.7. The second kappa shape index (κ2) is 11.0. The first-order valence-corrected chi connectivity index (χ1v) is 12.0. The molecule has 0 aromatic carbocycles. The van der Waals surface area contributed by atoms with Crippen molar-refractivity contribution in [3.8, 4) is 0 Å². The lowest BCUT2D eigenvalue weighted by atomic mass is 9.85. The zero-order chi connectivity index (χ0) is 25.0. The van der Waals surface area contributed by atoms with Crippen LogP contribution in [0.25, 0.3) is 0 Å². The molecule has 9 heteroatoms. The second-order valence-corrected chi connectivity index (χ2v) is 11.2. The van der Waals surface area contributed by atoms with Gasteiger partial charge < -0.3 is 19.7 Å². The molecule has 33 heavy (non-hydrogen) atoms. The number of hydrogen-bond donors (Lipinski definition) is 1. The Morgan fingerprint density at radius 3 is 2.21 bits per heavy atom. The van der Waals surface area contributed by atoms with Gasteiger partial charge in [0.2, 0.25) is 5.91 Å². The van der Waals surface area contributed by atoms with Gasteiger partial charge in [0, 0.05) is 20.2 Å². The van der Waals surface area contributed by atoms with Crippen molar-refractivity contribution < 1.29 is 28.7 Å². The number of rotatable bonds is 6. The molecule has 0 saturated carbocycles. The topological polar surface area (TPSA) is 97.4 Å². The highest BCUT2D eigenvalue weighted by Gasteiger charge is 2.43. The first kappa shape index (κ1) is 27.4. The summed E-state index contributed by atoms with van der Waals surface area (Å²) in [6.07, 6.45) is 2.40. The Bertz CT molecular complexity index is 693. The molecule has 0 bridgehead atoms. The summed E-state index contributed by atoms with van der Waals surface area (Å²) in [6.45, 7) is 14.6. The van der Waals surface area contributed by atoms with Crippen LogP contribution < -0.4 is 5.32 Å². The van der Waals surface area contributed by atoms with Crippen LogP contribution in [0, 0.1) is 11.3 Å². The highest BCUT2D eigenvalue weighted by Crippen LogP contribution is 2.29. The van der Waals surface area contributed by atoms with Crippen molar-refractivity contribution in [1.29, 1.82) is 0 Å². The fraction of sp³-hybridized carbons (Fsp3) is 0.875. The average Bonchev–Trinajstić information content (AvgIpc) is 3.20. The maximum Gasteiger partial charge on any atom is 0.410 e. The van der Waals surface area contributed by atoms with Crippen molar-refractivity contribution in [2.45, 2.75) is 97.9 Å². The van der Waals surface area contributed by atoms with Crippen LogP contribution in [0.5, 0.6) is 0 Å². The first-order valence-electron chi connectivity index (χ1n) is 12.0. The predicted molar refractivity (Wildman–Crippen MR) is 124 cm³/mol. The molecular formula is C24H43N3O6. The number of hydrogen-bond acceptors (Lipinski definition) is 6. The van der Waals surface area contributed by atoms with Crippen LogP contribution in [-0.4, -0.2) is 78.5 Å². The molecule has 2 heterocycles. The summed E-state index contributed by atoms with van der Waals surface area (Å²) in [5.41, 5.74) is -1.11. The van der Waals surface area contributed by atoms with E-state index in [0.717, 1.165) is 25.7 Å². The molecular weight excluding hydrogens is 426 g/mol. The summed E-state index contributed by atoms with van der Waals surface area (Å²) in [5, 5.41) is 4.32. The minimum absolute atomic E-state index is 0.243. The van der Waals surface area contributed by atoms with E-state index in [1.54, 1.807) is 18.9 Å². The molecule has 3 amide bonds. The van der Waals surface area contributed by atoms with E-state index in [0.29, 0.717) is 19.7 Å². The molecule has 4 atom stereocenters. The van der Waals surface area contributed by atoms with E-state index in [4.69, 9.17) is 14.3 Å². The Kier molecular flexibility index (Phi) is 9.16. The zero-order valence-electron chi connectivity index (χ0n) is 21.6. The van der Waals surface area contributed by atoms with Crippen LogP contribution in [-0.2, 0) is 23.9 Å². The lowest BCUT2D eigenvalue weighted by Crippen LogP contribution is -2.58. The Labute approximate surface area is 198 Å². The molecule has 190 valence electrons. The Balaban J connectivity index is 2.13. The number of amides is 3. The summed E-state index contributed by atoms with van der Waals surface area (Å²) in [7, 11) is 1.55. The molecule has 2 rings (SSSR count). The molecule has 1 N–H and O–H groups in total.